The van der Waals surface area contributed by atoms with Crippen LogP contribution in [0.3, 0.4) is 0 Å². The molecule has 0 atom stereocenters. The summed E-state index contributed by atoms with van der Waals surface area (Å²) in [5.74, 6) is -1.30. The van der Waals surface area contributed by atoms with Crippen LogP contribution in [0.2, 0.25) is 0 Å². The van der Waals surface area contributed by atoms with Crippen molar-refractivity contribution in [3.05, 3.63) is 10.9 Å². The van der Waals surface area contributed by atoms with Crippen LogP contribution in [0.25, 0.3) is 0 Å². The number of carboxylic acids is 1. The van der Waals surface area contributed by atoms with Crippen molar-refractivity contribution in [2.45, 2.75) is 20.3 Å². The van der Waals surface area contributed by atoms with Crippen molar-refractivity contribution in [2.24, 2.45) is 0 Å². The Balaban J connectivity index is 5.15. The summed E-state index contributed by atoms with van der Waals surface area (Å²) in [7, 11) is -4.39. The molecule has 0 saturated heterocycles. The molecule has 5 nitrogen and oxygen atoms in total. The number of carboxylic acid groups (broad SMARTS) is 1. The molecule has 12 heavy (non-hydrogen) atoms. The fourth-order valence-corrected chi connectivity index (χ4v) is 1.76. The normalized spacial score (nSPS) is 14.0. The molecule has 0 bridgehead atoms. The first-order chi connectivity index (χ1) is 5.30. The SMILES string of the molecule is CC/C(=C(/C)C(=O)O)P(=O)(O)O. The molecule has 0 fully saturated rings. The molecule has 0 rings (SSSR count). The summed E-state index contributed by atoms with van der Waals surface area (Å²) in [6, 6.07) is 0. The highest BCUT2D eigenvalue weighted by Crippen LogP contribution is 2.48. The summed E-state index contributed by atoms with van der Waals surface area (Å²) >= 11 is 0. The van der Waals surface area contributed by atoms with Crippen molar-refractivity contribution in [1.82, 2.24) is 0 Å². The third-order valence-electron chi connectivity index (χ3n) is 1.44. The van der Waals surface area contributed by atoms with Gasteiger partial charge in [0.2, 0.25) is 0 Å². The zero-order valence-electron chi connectivity index (χ0n) is 6.81. The van der Waals surface area contributed by atoms with Crippen molar-refractivity contribution < 1.29 is 24.3 Å². The fourth-order valence-electron chi connectivity index (χ4n) is 0.813. The lowest BCUT2D eigenvalue weighted by atomic mass is 10.2. The summed E-state index contributed by atoms with van der Waals surface area (Å²) < 4.78 is 10.7. The summed E-state index contributed by atoms with van der Waals surface area (Å²) in [6.45, 7) is 2.68. The van der Waals surface area contributed by atoms with Crippen molar-refractivity contribution in [1.29, 1.82) is 0 Å². The van der Waals surface area contributed by atoms with Crippen LogP contribution < -0.4 is 0 Å². The van der Waals surface area contributed by atoms with Crippen molar-refractivity contribution in [3.8, 4) is 0 Å². The largest absolute Gasteiger partial charge is 0.478 e. The molecule has 0 aliphatic rings. The van der Waals surface area contributed by atoms with Crippen molar-refractivity contribution in [2.75, 3.05) is 0 Å². The van der Waals surface area contributed by atoms with E-state index in [1.54, 1.807) is 0 Å². The lowest BCUT2D eigenvalue weighted by Gasteiger charge is -2.08. The minimum atomic E-state index is -4.39. The number of hydrogen-bond donors (Lipinski definition) is 3. The molecule has 0 unspecified atom stereocenters. The van der Waals surface area contributed by atoms with Crippen LogP contribution in [0.4, 0.5) is 0 Å². The van der Waals surface area contributed by atoms with E-state index in [1.807, 2.05) is 0 Å². The van der Waals surface area contributed by atoms with E-state index in [0.29, 0.717) is 0 Å². The molecule has 0 aromatic rings. The van der Waals surface area contributed by atoms with Gasteiger partial charge in [0.25, 0.3) is 0 Å². The third-order valence-corrected chi connectivity index (χ3v) is 2.80. The summed E-state index contributed by atoms with van der Waals surface area (Å²) in [5, 5.41) is 8.14. The van der Waals surface area contributed by atoms with E-state index in [9.17, 15) is 9.36 Å². The highest BCUT2D eigenvalue weighted by Gasteiger charge is 2.24. The Bertz CT molecular complexity index is 261. The molecule has 3 N–H and O–H groups in total. The lowest BCUT2D eigenvalue weighted by molar-refractivity contribution is -0.132. The highest BCUT2D eigenvalue weighted by molar-refractivity contribution is 7.56. The van der Waals surface area contributed by atoms with E-state index in [4.69, 9.17) is 14.9 Å². The molecule has 0 aliphatic heterocycles. The van der Waals surface area contributed by atoms with E-state index in [1.165, 1.54) is 13.8 Å². The van der Waals surface area contributed by atoms with Crippen LogP contribution >= 0.6 is 7.60 Å². The average Bonchev–Trinajstić information content (AvgIpc) is 1.85. The predicted octanol–water partition coefficient (Wildman–Crippen LogP) is 0.933. The van der Waals surface area contributed by atoms with Gasteiger partial charge in [0.05, 0.1) is 5.31 Å². The molecule has 0 amide bonds. The molecular weight excluding hydrogens is 183 g/mol. The standard InChI is InChI=1S/C6H11O5P/c1-3-5(12(9,10)11)4(2)6(7)8/h3H2,1-2H3,(H,7,8)(H2,9,10,11)/b5-4+. The minimum Gasteiger partial charge on any atom is -0.478 e. The number of hydrogen-bond acceptors (Lipinski definition) is 2. The summed E-state index contributed by atoms with van der Waals surface area (Å²) in [5.41, 5.74) is -0.272. The maximum Gasteiger partial charge on any atom is 0.352 e. The number of aliphatic carboxylic acids is 1. The van der Waals surface area contributed by atoms with E-state index >= 15 is 0 Å². The van der Waals surface area contributed by atoms with Crippen LogP contribution in [0.15, 0.2) is 10.9 Å². The molecule has 0 spiro atoms. The van der Waals surface area contributed by atoms with Crippen molar-refractivity contribution in [3.63, 3.8) is 0 Å². The Kier molecular flexibility index (Phi) is 3.64. The Morgan fingerprint density at radius 1 is 1.42 bits per heavy atom. The number of rotatable bonds is 3. The van der Waals surface area contributed by atoms with Gasteiger partial charge < -0.3 is 14.9 Å². The third kappa shape index (κ3) is 2.77. The molecule has 6 heteroatoms. The van der Waals surface area contributed by atoms with Gasteiger partial charge in [-0.1, -0.05) is 6.92 Å². The van der Waals surface area contributed by atoms with Crippen LogP contribution in [0.1, 0.15) is 20.3 Å². The second-order valence-corrected chi connectivity index (χ2v) is 3.90. The average molecular weight is 194 g/mol. The Morgan fingerprint density at radius 3 is 1.92 bits per heavy atom. The van der Waals surface area contributed by atoms with Gasteiger partial charge in [0, 0.05) is 5.57 Å². The summed E-state index contributed by atoms with van der Waals surface area (Å²) in [4.78, 5) is 27.7. The van der Waals surface area contributed by atoms with Gasteiger partial charge in [-0.3, -0.25) is 4.57 Å². The molecule has 0 radical (unpaired) electrons. The second-order valence-electron chi connectivity index (χ2n) is 2.27. The second kappa shape index (κ2) is 3.85. The lowest BCUT2D eigenvalue weighted by Crippen LogP contribution is -2.01. The quantitative estimate of drug-likeness (QED) is 0.459. The molecule has 70 valence electrons. The molecule has 0 aromatic carbocycles. The molecule has 0 saturated carbocycles. The predicted molar refractivity (Wildman–Crippen MR) is 42.7 cm³/mol. The van der Waals surface area contributed by atoms with Gasteiger partial charge in [0.1, 0.15) is 0 Å². The van der Waals surface area contributed by atoms with Crippen molar-refractivity contribution >= 4 is 13.6 Å². The Hall–Kier alpha value is -0.640. The molecule has 0 heterocycles. The molecule has 0 aromatic heterocycles. The van der Waals surface area contributed by atoms with Gasteiger partial charge >= 0.3 is 13.6 Å². The van der Waals surface area contributed by atoms with E-state index in [2.05, 4.69) is 0 Å². The zero-order chi connectivity index (χ0) is 9.94. The topological polar surface area (TPSA) is 94.8 Å². The van der Waals surface area contributed by atoms with Gasteiger partial charge in [-0.15, -0.1) is 0 Å². The number of allylic oxidation sites excluding steroid dienone is 1. The first kappa shape index (κ1) is 11.4. The van der Waals surface area contributed by atoms with Gasteiger partial charge in [0.15, 0.2) is 0 Å². The van der Waals surface area contributed by atoms with Gasteiger partial charge in [-0.2, -0.15) is 0 Å². The van der Waals surface area contributed by atoms with E-state index in [0.717, 1.165) is 0 Å². The first-order valence-corrected chi connectivity index (χ1v) is 4.91. The monoisotopic (exact) mass is 194 g/mol. The fraction of sp³-hybridized carbons (Fsp3) is 0.500. The summed E-state index contributed by atoms with van der Waals surface area (Å²) in [6.07, 6.45) is 0.0441. The molecule has 0 aliphatic carbocycles. The van der Waals surface area contributed by atoms with Gasteiger partial charge in [-0.05, 0) is 13.3 Å². The maximum absolute atomic E-state index is 10.7. The van der Waals surface area contributed by atoms with Gasteiger partial charge in [-0.25, -0.2) is 4.79 Å². The smallest absolute Gasteiger partial charge is 0.352 e. The van der Waals surface area contributed by atoms with Crippen LogP contribution in [0.5, 0.6) is 0 Å². The Labute approximate surface area is 69.9 Å². The van der Waals surface area contributed by atoms with Crippen LogP contribution in [0, 0.1) is 0 Å². The van der Waals surface area contributed by atoms with E-state index in [-0.39, 0.29) is 17.3 Å². The number of carbonyl (C=O) groups is 1. The first-order valence-electron chi connectivity index (χ1n) is 3.29. The van der Waals surface area contributed by atoms with E-state index < -0.39 is 13.6 Å². The minimum absolute atomic E-state index is 0.0441. The zero-order valence-corrected chi connectivity index (χ0v) is 7.71. The Morgan fingerprint density at radius 2 is 1.83 bits per heavy atom. The van der Waals surface area contributed by atoms with Crippen LogP contribution in [-0.4, -0.2) is 20.9 Å². The van der Waals surface area contributed by atoms with Crippen LogP contribution in [-0.2, 0) is 9.36 Å². The maximum atomic E-state index is 10.7. The highest BCUT2D eigenvalue weighted by atomic mass is 31.2. The molecular formula is C6H11O5P.